The van der Waals surface area contributed by atoms with Crippen LogP contribution < -0.4 is 0 Å². The highest BCUT2D eigenvalue weighted by Gasteiger charge is 1.90. The number of rotatable bonds is 11. The molecule has 0 fully saturated rings. The minimum Gasteiger partial charge on any atom is -0.396 e. The molecule has 0 unspecified atom stereocenters. The second-order valence-electron chi connectivity index (χ2n) is 3.94. The van der Waals surface area contributed by atoms with Gasteiger partial charge in [0.2, 0.25) is 0 Å². The van der Waals surface area contributed by atoms with Gasteiger partial charge in [-0.05, 0) is 25.7 Å². The van der Waals surface area contributed by atoms with Crippen molar-refractivity contribution < 1.29 is 5.11 Å². The highest BCUT2D eigenvalue weighted by atomic mass is 35.5. The molecule has 0 aromatic heterocycles. The Kier molecular flexibility index (Phi) is 14.0. The summed E-state index contributed by atoms with van der Waals surface area (Å²) < 4.78 is 0. The number of alkyl halides is 1. The van der Waals surface area contributed by atoms with Crippen LogP contribution in [0.15, 0.2) is 12.2 Å². The molecule has 0 spiro atoms. The standard InChI is InChI=1S/C13H25ClO/c14-12-10-8-6-4-2-1-3-5-7-9-11-13-15/h7,9,15H,1-6,8,10-13H2/b9-7+. The molecule has 0 atom stereocenters. The van der Waals surface area contributed by atoms with Crippen LogP contribution >= 0.6 is 11.6 Å². The van der Waals surface area contributed by atoms with E-state index in [0.717, 1.165) is 12.3 Å². The number of unbranched alkanes of at least 4 members (excludes halogenated alkanes) is 7. The van der Waals surface area contributed by atoms with Gasteiger partial charge in [-0.25, -0.2) is 0 Å². The number of aliphatic hydroxyl groups is 1. The summed E-state index contributed by atoms with van der Waals surface area (Å²) in [6.45, 7) is 0.275. The van der Waals surface area contributed by atoms with Crippen LogP contribution in [0.2, 0.25) is 0 Å². The highest BCUT2D eigenvalue weighted by Crippen LogP contribution is 2.09. The van der Waals surface area contributed by atoms with Crippen molar-refractivity contribution >= 4 is 11.6 Å². The zero-order valence-electron chi connectivity index (χ0n) is 9.76. The Morgan fingerprint density at radius 1 is 0.733 bits per heavy atom. The number of allylic oxidation sites excluding steroid dienone is 1. The van der Waals surface area contributed by atoms with E-state index < -0.39 is 0 Å². The molecule has 0 amide bonds. The van der Waals surface area contributed by atoms with Gasteiger partial charge in [0.15, 0.2) is 0 Å². The van der Waals surface area contributed by atoms with Crippen molar-refractivity contribution in [3.05, 3.63) is 12.2 Å². The molecule has 0 aromatic carbocycles. The summed E-state index contributed by atoms with van der Waals surface area (Å²) in [4.78, 5) is 0. The first-order chi connectivity index (χ1) is 7.41. The summed E-state index contributed by atoms with van der Waals surface area (Å²) in [6.07, 6.45) is 15.4. The quantitative estimate of drug-likeness (QED) is 0.320. The van der Waals surface area contributed by atoms with E-state index in [9.17, 15) is 0 Å². The second kappa shape index (κ2) is 14.0. The van der Waals surface area contributed by atoms with Gasteiger partial charge in [-0.3, -0.25) is 0 Å². The van der Waals surface area contributed by atoms with E-state index in [0.29, 0.717) is 0 Å². The molecular formula is C13H25ClO. The van der Waals surface area contributed by atoms with Crippen LogP contribution in [-0.4, -0.2) is 17.6 Å². The Balaban J connectivity index is 2.92. The highest BCUT2D eigenvalue weighted by molar-refractivity contribution is 6.17. The molecule has 2 heteroatoms. The molecule has 0 saturated carbocycles. The molecule has 0 radical (unpaired) electrons. The van der Waals surface area contributed by atoms with Crippen LogP contribution in [0.4, 0.5) is 0 Å². The number of aliphatic hydroxyl groups excluding tert-OH is 1. The van der Waals surface area contributed by atoms with Gasteiger partial charge in [-0.15, -0.1) is 11.6 Å². The third kappa shape index (κ3) is 14.0. The average Bonchev–Trinajstić information content (AvgIpc) is 2.26. The van der Waals surface area contributed by atoms with E-state index in [2.05, 4.69) is 12.2 Å². The second-order valence-corrected chi connectivity index (χ2v) is 4.31. The van der Waals surface area contributed by atoms with Crippen LogP contribution in [0.25, 0.3) is 0 Å². The van der Waals surface area contributed by atoms with Crippen molar-refractivity contribution in [1.29, 1.82) is 0 Å². The minimum absolute atomic E-state index is 0.275. The van der Waals surface area contributed by atoms with Gasteiger partial charge in [0.05, 0.1) is 0 Å². The molecule has 0 saturated heterocycles. The van der Waals surface area contributed by atoms with E-state index >= 15 is 0 Å². The molecule has 0 aliphatic rings. The topological polar surface area (TPSA) is 20.2 Å². The molecule has 1 N–H and O–H groups in total. The maximum absolute atomic E-state index is 8.55. The number of hydrogen-bond acceptors (Lipinski definition) is 1. The Morgan fingerprint density at radius 2 is 1.27 bits per heavy atom. The zero-order chi connectivity index (χ0) is 11.2. The van der Waals surface area contributed by atoms with Gasteiger partial charge >= 0.3 is 0 Å². The van der Waals surface area contributed by atoms with Gasteiger partial charge in [0.1, 0.15) is 0 Å². The number of hydrogen-bond donors (Lipinski definition) is 1. The average molecular weight is 233 g/mol. The first kappa shape index (κ1) is 15.0. The first-order valence-corrected chi connectivity index (χ1v) is 6.77. The predicted octanol–water partition coefficient (Wildman–Crippen LogP) is 4.28. The lowest BCUT2D eigenvalue weighted by atomic mass is 10.1. The molecule has 90 valence electrons. The van der Waals surface area contributed by atoms with Gasteiger partial charge in [-0.1, -0.05) is 44.3 Å². The lowest BCUT2D eigenvalue weighted by molar-refractivity contribution is 0.302. The fourth-order valence-corrected chi connectivity index (χ4v) is 1.74. The van der Waals surface area contributed by atoms with E-state index in [1.165, 1.54) is 51.4 Å². The van der Waals surface area contributed by atoms with Gasteiger partial charge in [0.25, 0.3) is 0 Å². The Morgan fingerprint density at radius 3 is 1.87 bits per heavy atom. The summed E-state index contributed by atoms with van der Waals surface area (Å²) in [6, 6.07) is 0. The third-order valence-corrected chi connectivity index (χ3v) is 2.73. The molecule has 1 nitrogen and oxygen atoms in total. The first-order valence-electron chi connectivity index (χ1n) is 6.23. The van der Waals surface area contributed by atoms with E-state index in [1.54, 1.807) is 0 Å². The van der Waals surface area contributed by atoms with Crippen molar-refractivity contribution in [2.75, 3.05) is 12.5 Å². The lowest BCUT2D eigenvalue weighted by Gasteiger charge is -1.99. The fourth-order valence-electron chi connectivity index (χ4n) is 1.55. The normalized spacial score (nSPS) is 11.3. The molecular weight excluding hydrogens is 208 g/mol. The van der Waals surface area contributed by atoms with Crippen LogP contribution in [0.3, 0.4) is 0 Å². The van der Waals surface area contributed by atoms with Crippen molar-refractivity contribution in [3.63, 3.8) is 0 Å². The maximum Gasteiger partial charge on any atom is 0.0465 e. The van der Waals surface area contributed by atoms with E-state index in [-0.39, 0.29) is 6.61 Å². The van der Waals surface area contributed by atoms with Crippen LogP contribution in [0.1, 0.15) is 57.8 Å². The Bertz CT molecular complexity index is 134. The van der Waals surface area contributed by atoms with Crippen molar-refractivity contribution in [1.82, 2.24) is 0 Å². The molecule has 0 aliphatic carbocycles. The van der Waals surface area contributed by atoms with Crippen molar-refractivity contribution in [2.24, 2.45) is 0 Å². The van der Waals surface area contributed by atoms with E-state index in [1.807, 2.05) is 0 Å². The van der Waals surface area contributed by atoms with Gasteiger partial charge < -0.3 is 5.11 Å². The summed E-state index contributed by atoms with van der Waals surface area (Å²) in [5.74, 6) is 0.815. The largest absolute Gasteiger partial charge is 0.396 e. The molecule has 0 rings (SSSR count). The number of halogens is 1. The smallest absolute Gasteiger partial charge is 0.0465 e. The minimum atomic E-state index is 0.275. The van der Waals surface area contributed by atoms with Gasteiger partial charge in [-0.2, -0.15) is 0 Å². The predicted molar refractivity (Wildman–Crippen MR) is 68.5 cm³/mol. The van der Waals surface area contributed by atoms with Crippen molar-refractivity contribution in [3.8, 4) is 0 Å². The SMILES string of the molecule is OCC/C=C/CCCCCCCCCCl. The Hall–Kier alpha value is -0.0100. The van der Waals surface area contributed by atoms with Crippen LogP contribution in [0.5, 0.6) is 0 Å². The summed E-state index contributed by atoms with van der Waals surface area (Å²) in [7, 11) is 0. The van der Waals surface area contributed by atoms with Crippen molar-refractivity contribution in [2.45, 2.75) is 57.8 Å². The fraction of sp³-hybridized carbons (Fsp3) is 0.846. The monoisotopic (exact) mass is 232 g/mol. The lowest BCUT2D eigenvalue weighted by Crippen LogP contribution is -1.81. The summed E-state index contributed by atoms with van der Waals surface area (Å²) in [5, 5.41) is 8.55. The third-order valence-electron chi connectivity index (χ3n) is 2.47. The zero-order valence-corrected chi connectivity index (χ0v) is 10.5. The van der Waals surface area contributed by atoms with Crippen LogP contribution in [-0.2, 0) is 0 Å². The maximum atomic E-state index is 8.55. The van der Waals surface area contributed by atoms with Crippen LogP contribution in [0, 0.1) is 0 Å². The molecule has 0 aromatic rings. The van der Waals surface area contributed by atoms with E-state index in [4.69, 9.17) is 16.7 Å². The summed E-state index contributed by atoms with van der Waals surface area (Å²) in [5.41, 5.74) is 0. The molecule has 0 heterocycles. The molecule has 0 bridgehead atoms. The summed E-state index contributed by atoms with van der Waals surface area (Å²) >= 11 is 5.60. The Labute approximate surface area is 99.5 Å². The van der Waals surface area contributed by atoms with Gasteiger partial charge in [0, 0.05) is 12.5 Å². The molecule has 0 aliphatic heterocycles. The molecule has 15 heavy (non-hydrogen) atoms.